The summed E-state index contributed by atoms with van der Waals surface area (Å²) in [4.78, 5) is 37.7. The van der Waals surface area contributed by atoms with Crippen LogP contribution in [0.3, 0.4) is 0 Å². The fraction of sp³-hybridized carbons (Fsp3) is 0.250. The number of carbonyl (C=O) groups is 3. The van der Waals surface area contributed by atoms with Crippen molar-refractivity contribution >= 4 is 34.8 Å². The summed E-state index contributed by atoms with van der Waals surface area (Å²) in [5.41, 5.74) is 1.92. The molecule has 3 amide bonds. The van der Waals surface area contributed by atoms with E-state index in [4.69, 9.17) is 4.74 Å². The van der Waals surface area contributed by atoms with Crippen LogP contribution >= 0.6 is 0 Å². The first-order valence-corrected chi connectivity index (χ1v) is 8.59. The summed E-state index contributed by atoms with van der Waals surface area (Å²) in [6.45, 7) is 1.72. The molecule has 1 fully saturated rings. The Morgan fingerprint density at radius 3 is 2.48 bits per heavy atom. The lowest BCUT2D eigenvalue weighted by atomic mass is 10.1. The van der Waals surface area contributed by atoms with Crippen LogP contribution in [0, 0.1) is 5.92 Å². The van der Waals surface area contributed by atoms with Gasteiger partial charge in [-0.3, -0.25) is 14.4 Å². The van der Waals surface area contributed by atoms with Crippen molar-refractivity contribution in [2.75, 3.05) is 29.2 Å². The molecule has 1 heterocycles. The summed E-state index contributed by atoms with van der Waals surface area (Å²) in [5, 5.41) is 5.53. The minimum absolute atomic E-state index is 0.121. The molecule has 0 bridgehead atoms. The number of hydrogen-bond acceptors (Lipinski definition) is 4. The predicted molar refractivity (Wildman–Crippen MR) is 103 cm³/mol. The smallest absolute Gasteiger partial charge is 0.229 e. The number of hydrogen-bond donors (Lipinski definition) is 2. The molecule has 140 valence electrons. The fourth-order valence-electron chi connectivity index (χ4n) is 3.01. The molecule has 0 unspecified atom stereocenters. The number of nitrogens with one attached hydrogen (secondary N) is 2. The molecule has 0 saturated carbocycles. The maximum absolute atomic E-state index is 12.5. The number of rotatable bonds is 5. The van der Waals surface area contributed by atoms with E-state index in [1.54, 1.807) is 60.5 Å². The second-order valence-electron chi connectivity index (χ2n) is 6.35. The zero-order valence-corrected chi connectivity index (χ0v) is 15.2. The number of carbonyl (C=O) groups excluding carboxylic acids is 3. The molecule has 1 saturated heterocycles. The van der Waals surface area contributed by atoms with Crippen LogP contribution in [0.4, 0.5) is 17.1 Å². The van der Waals surface area contributed by atoms with Crippen molar-refractivity contribution in [2.24, 2.45) is 5.92 Å². The van der Waals surface area contributed by atoms with E-state index in [9.17, 15) is 14.4 Å². The Hall–Kier alpha value is -3.35. The molecule has 27 heavy (non-hydrogen) atoms. The average Bonchev–Trinajstić information content (AvgIpc) is 3.04. The number of benzene rings is 2. The minimum Gasteiger partial charge on any atom is -0.497 e. The molecule has 0 spiro atoms. The largest absolute Gasteiger partial charge is 0.497 e. The Morgan fingerprint density at radius 2 is 1.81 bits per heavy atom. The van der Waals surface area contributed by atoms with Crippen LogP contribution < -0.4 is 20.3 Å². The van der Waals surface area contributed by atoms with E-state index in [2.05, 4.69) is 10.6 Å². The van der Waals surface area contributed by atoms with Gasteiger partial charge in [0.2, 0.25) is 17.7 Å². The predicted octanol–water partition coefficient (Wildman–Crippen LogP) is 2.65. The first kappa shape index (κ1) is 18.4. The topological polar surface area (TPSA) is 87.7 Å². The second-order valence-corrected chi connectivity index (χ2v) is 6.35. The third kappa shape index (κ3) is 4.44. The molecule has 7 nitrogen and oxygen atoms in total. The number of ether oxygens (including phenoxy) is 1. The van der Waals surface area contributed by atoms with E-state index in [-0.39, 0.29) is 24.1 Å². The lowest BCUT2D eigenvalue weighted by Gasteiger charge is -2.18. The van der Waals surface area contributed by atoms with Crippen LogP contribution in [-0.4, -0.2) is 31.4 Å². The van der Waals surface area contributed by atoms with Crippen molar-refractivity contribution in [1.29, 1.82) is 0 Å². The maximum atomic E-state index is 12.5. The normalized spacial score (nSPS) is 16.1. The van der Waals surface area contributed by atoms with Gasteiger partial charge in [0.1, 0.15) is 5.75 Å². The third-order valence-corrected chi connectivity index (χ3v) is 4.33. The van der Waals surface area contributed by atoms with Gasteiger partial charge in [-0.05, 0) is 42.5 Å². The average molecular weight is 367 g/mol. The van der Waals surface area contributed by atoms with Crippen LogP contribution in [0.25, 0.3) is 0 Å². The monoisotopic (exact) mass is 367 g/mol. The van der Waals surface area contributed by atoms with Crippen molar-refractivity contribution in [3.63, 3.8) is 0 Å². The lowest BCUT2D eigenvalue weighted by Crippen LogP contribution is -2.28. The van der Waals surface area contributed by atoms with Gasteiger partial charge in [0, 0.05) is 37.0 Å². The number of anilines is 3. The van der Waals surface area contributed by atoms with Crippen LogP contribution in [0.15, 0.2) is 48.5 Å². The Kier molecular flexibility index (Phi) is 5.40. The van der Waals surface area contributed by atoms with Gasteiger partial charge in [0.15, 0.2) is 0 Å². The second kappa shape index (κ2) is 7.90. The highest BCUT2D eigenvalue weighted by atomic mass is 16.5. The van der Waals surface area contributed by atoms with E-state index in [0.29, 0.717) is 29.4 Å². The molecule has 1 atom stereocenters. The zero-order chi connectivity index (χ0) is 19.4. The van der Waals surface area contributed by atoms with Gasteiger partial charge in [-0.2, -0.15) is 0 Å². The number of methoxy groups -OCH3 is 1. The fourth-order valence-corrected chi connectivity index (χ4v) is 3.01. The quantitative estimate of drug-likeness (QED) is 0.850. The van der Waals surface area contributed by atoms with Gasteiger partial charge in [-0.1, -0.05) is 6.07 Å². The van der Waals surface area contributed by atoms with Gasteiger partial charge >= 0.3 is 0 Å². The van der Waals surface area contributed by atoms with Gasteiger partial charge in [-0.25, -0.2) is 0 Å². The molecule has 0 aromatic heterocycles. The summed E-state index contributed by atoms with van der Waals surface area (Å²) in [6.07, 6.45) is 0.145. The van der Waals surface area contributed by atoms with Crippen molar-refractivity contribution in [2.45, 2.75) is 13.3 Å². The number of nitrogens with zero attached hydrogens (tertiary/aromatic N) is 1. The molecule has 1 aliphatic heterocycles. The molecular formula is C20H21N3O4. The molecule has 2 N–H and O–H groups in total. The maximum Gasteiger partial charge on any atom is 0.229 e. The van der Waals surface area contributed by atoms with Crippen LogP contribution in [0.2, 0.25) is 0 Å². The SMILES string of the molecule is COc1ccc(NC(=O)[C@H]2CC(=O)N(c3cccc(NC(C)=O)c3)C2)cc1. The lowest BCUT2D eigenvalue weighted by molar-refractivity contribution is -0.122. The molecule has 7 heteroatoms. The summed E-state index contributed by atoms with van der Waals surface area (Å²) in [6, 6.07) is 14.0. The highest BCUT2D eigenvalue weighted by Gasteiger charge is 2.35. The summed E-state index contributed by atoms with van der Waals surface area (Å²) in [5.74, 6) is -0.242. The van der Waals surface area contributed by atoms with E-state index in [1.807, 2.05) is 0 Å². The number of amides is 3. The summed E-state index contributed by atoms with van der Waals surface area (Å²) >= 11 is 0. The molecule has 1 aliphatic rings. The zero-order valence-electron chi connectivity index (χ0n) is 15.2. The van der Waals surface area contributed by atoms with E-state index < -0.39 is 5.92 Å². The van der Waals surface area contributed by atoms with E-state index in [1.165, 1.54) is 6.92 Å². The molecule has 2 aromatic rings. The van der Waals surface area contributed by atoms with Crippen molar-refractivity contribution < 1.29 is 19.1 Å². The standard InChI is InChI=1S/C20H21N3O4/c1-13(24)21-16-4-3-5-17(11-16)23-12-14(10-19(23)25)20(26)22-15-6-8-18(27-2)9-7-15/h3-9,11,14H,10,12H2,1-2H3,(H,21,24)(H,22,26)/t14-/m0/s1. The van der Waals surface area contributed by atoms with Crippen LogP contribution in [0.5, 0.6) is 5.75 Å². The van der Waals surface area contributed by atoms with E-state index >= 15 is 0 Å². The third-order valence-electron chi connectivity index (χ3n) is 4.33. The summed E-state index contributed by atoms with van der Waals surface area (Å²) < 4.78 is 5.09. The van der Waals surface area contributed by atoms with Crippen molar-refractivity contribution in [1.82, 2.24) is 0 Å². The van der Waals surface area contributed by atoms with Crippen molar-refractivity contribution in [3.05, 3.63) is 48.5 Å². The summed E-state index contributed by atoms with van der Waals surface area (Å²) in [7, 11) is 1.58. The molecule has 2 aromatic carbocycles. The van der Waals surface area contributed by atoms with Crippen LogP contribution in [0.1, 0.15) is 13.3 Å². The van der Waals surface area contributed by atoms with Gasteiger partial charge in [0.25, 0.3) is 0 Å². The van der Waals surface area contributed by atoms with Gasteiger partial charge in [-0.15, -0.1) is 0 Å². The van der Waals surface area contributed by atoms with Crippen molar-refractivity contribution in [3.8, 4) is 5.75 Å². The molecular weight excluding hydrogens is 346 g/mol. The van der Waals surface area contributed by atoms with E-state index in [0.717, 1.165) is 0 Å². The first-order valence-electron chi connectivity index (χ1n) is 8.59. The minimum atomic E-state index is -0.441. The van der Waals surface area contributed by atoms with Crippen LogP contribution in [-0.2, 0) is 14.4 Å². The Labute approximate surface area is 157 Å². The Balaban J connectivity index is 1.67. The van der Waals surface area contributed by atoms with Gasteiger partial charge in [0.05, 0.1) is 13.0 Å². The van der Waals surface area contributed by atoms with Gasteiger partial charge < -0.3 is 20.3 Å². The molecule has 0 aliphatic carbocycles. The highest BCUT2D eigenvalue weighted by Crippen LogP contribution is 2.28. The molecule has 3 rings (SSSR count). The first-order chi connectivity index (χ1) is 13.0. The molecule has 0 radical (unpaired) electrons. The Bertz CT molecular complexity index is 864. The highest BCUT2D eigenvalue weighted by molar-refractivity contribution is 6.04. The Morgan fingerprint density at radius 1 is 1.07 bits per heavy atom.